The molecule has 1 amide bonds. The van der Waals surface area contributed by atoms with E-state index in [4.69, 9.17) is 4.74 Å². The SMILES string of the molecule is CCN(CC)CCN1C(=O)C(=O)C(=C(O)c2ccc(OC)cc2)[C@@H]1c1cccnc1. The van der Waals surface area contributed by atoms with E-state index in [-0.39, 0.29) is 11.3 Å². The predicted octanol–water partition coefficient (Wildman–Crippen LogP) is 2.85. The van der Waals surface area contributed by atoms with Gasteiger partial charge in [-0.2, -0.15) is 0 Å². The van der Waals surface area contributed by atoms with Crippen LogP contribution in [-0.2, 0) is 9.59 Å². The molecule has 0 aliphatic carbocycles. The highest BCUT2D eigenvalue weighted by Crippen LogP contribution is 2.39. The molecule has 1 fully saturated rings. The molecular formula is C23H27N3O4. The van der Waals surface area contributed by atoms with E-state index < -0.39 is 17.7 Å². The van der Waals surface area contributed by atoms with Crippen LogP contribution in [0.25, 0.3) is 5.76 Å². The van der Waals surface area contributed by atoms with Gasteiger partial charge in [-0.25, -0.2) is 0 Å². The molecule has 2 heterocycles. The summed E-state index contributed by atoms with van der Waals surface area (Å²) in [5.41, 5.74) is 1.22. The smallest absolute Gasteiger partial charge is 0.295 e. The Balaban J connectivity index is 2.05. The Hall–Kier alpha value is -3.19. The first-order chi connectivity index (χ1) is 14.5. The molecule has 1 aromatic heterocycles. The van der Waals surface area contributed by atoms with Gasteiger partial charge in [0, 0.05) is 31.0 Å². The van der Waals surface area contributed by atoms with Crippen LogP contribution in [0.3, 0.4) is 0 Å². The average Bonchev–Trinajstić information content (AvgIpc) is 3.05. The summed E-state index contributed by atoms with van der Waals surface area (Å²) in [6.45, 7) is 6.83. The number of aliphatic hydroxyl groups excluding tert-OH is 1. The van der Waals surface area contributed by atoms with Crippen LogP contribution in [0.15, 0.2) is 54.4 Å². The number of pyridine rings is 1. The Labute approximate surface area is 176 Å². The van der Waals surface area contributed by atoms with Crippen LogP contribution >= 0.6 is 0 Å². The molecular weight excluding hydrogens is 382 g/mol. The van der Waals surface area contributed by atoms with Crippen molar-refractivity contribution in [3.8, 4) is 5.75 Å². The fraction of sp³-hybridized carbons (Fsp3) is 0.348. The molecule has 3 rings (SSSR count). The Morgan fingerprint density at radius 1 is 1.17 bits per heavy atom. The van der Waals surface area contributed by atoms with Crippen molar-refractivity contribution in [2.24, 2.45) is 0 Å². The molecule has 1 saturated heterocycles. The van der Waals surface area contributed by atoms with Gasteiger partial charge >= 0.3 is 0 Å². The minimum atomic E-state index is -0.684. The molecule has 7 nitrogen and oxygen atoms in total. The van der Waals surface area contributed by atoms with Gasteiger partial charge in [0.25, 0.3) is 11.7 Å². The van der Waals surface area contributed by atoms with Crippen LogP contribution in [0, 0.1) is 0 Å². The molecule has 0 saturated carbocycles. The summed E-state index contributed by atoms with van der Waals surface area (Å²) in [6, 6.07) is 9.61. The number of ether oxygens (including phenoxy) is 1. The standard InChI is InChI=1S/C23H27N3O4/c1-4-25(5-2)13-14-26-20(17-7-6-12-24-15-17)19(22(28)23(26)29)21(27)16-8-10-18(30-3)11-9-16/h6-12,15,20,27H,4-5,13-14H2,1-3H3/t20-/m0/s1. The fourth-order valence-electron chi connectivity index (χ4n) is 3.69. The summed E-state index contributed by atoms with van der Waals surface area (Å²) in [7, 11) is 1.55. The molecule has 0 bridgehead atoms. The second-order valence-electron chi connectivity index (χ2n) is 7.03. The second kappa shape index (κ2) is 9.54. The molecule has 1 atom stereocenters. The van der Waals surface area contributed by atoms with E-state index in [0.29, 0.717) is 30.0 Å². The van der Waals surface area contributed by atoms with E-state index in [2.05, 4.69) is 23.7 Å². The van der Waals surface area contributed by atoms with Gasteiger partial charge in [0.2, 0.25) is 0 Å². The third-order valence-electron chi connectivity index (χ3n) is 5.46. The molecule has 158 valence electrons. The number of benzene rings is 1. The van der Waals surface area contributed by atoms with Gasteiger partial charge < -0.3 is 19.6 Å². The van der Waals surface area contributed by atoms with Crippen molar-refractivity contribution >= 4 is 17.4 Å². The third kappa shape index (κ3) is 4.21. The summed E-state index contributed by atoms with van der Waals surface area (Å²) >= 11 is 0. The van der Waals surface area contributed by atoms with E-state index in [1.807, 2.05) is 6.07 Å². The minimum absolute atomic E-state index is 0.0812. The van der Waals surface area contributed by atoms with Crippen LogP contribution in [0.2, 0.25) is 0 Å². The zero-order valence-electron chi connectivity index (χ0n) is 17.5. The maximum absolute atomic E-state index is 13.0. The number of hydrogen-bond acceptors (Lipinski definition) is 6. The van der Waals surface area contributed by atoms with Crippen molar-refractivity contribution in [1.29, 1.82) is 0 Å². The van der Waals surface area contributed by atoms with Crippen molar-refractivity contribution in [3.63, 3.8) is 0 Å². The Kier molecular flexibility index (Phi) is 6.84. The van der Waals surface area contributed by atoms with E-state index in [1.54, 1.807) is 49.8 Å². The number of carbonyl (C=O) groups excluding carboxylic acids is 2. The second-order valence-corrected chi connectivity index (χ2v) is 7.03. The van der Waals surface area contributed by atoms with Gasteiger partial charge in [0.15, 0.2) is 0 Å². The lowest BCUT2D eigenvalue weighted by molar-refractivity contribution is -0.140. The lowest BCUT2D eigenvalue weighted by Gasteiger charge is -2.28. The highest BCUT2D eigenvalue weighted by atomic mass is 16.5. The van der Waals surface area contributed by atoms with E-state index in [0.717, 1.165) is 13.1 Å². The number of amides is 1. The monoisotopic (exact) mass is 409 g/mol. The number of Topliss-reactive ketones (excluding diaryl/α,β-unsaturated/α-hetero) is 1. The Morgan fingerprint density at radius 3 is 2.43 bits per heavy atom. The zero-order valence-corrected chi connectivity index (χ0v) is 17.5. The van der Waals surface area contributed by atoms with Crippen LogP contribution in [-0.4, -0.2) is 64.9 Å². The third-order valence-corrected chi connectivity index (χ3v) is 5.46. The van der Waals surface area contributed by atoms with Crippen molar-refractivity contribution in [3.05, 3.63) is 65.5 Å². The van der Waals surface area contributed by atoms with E-state index in [9.17, 15) is 14.7 Å². The molecule has 7 heteroatoms. The van der Waals surface area contributed by atoms with E-state index >= 15 is 0 Å². The van der Waals surface area contributed by atoms with Crippen molar-refractivity contribution in [2.45, 2.75) is 19.9 Å². The van der Waals surface area contributed by atoms with Gasteiger partial charge in [-0.05, 0) is 49.0 Å². The van der Waals surface area contributed by atoms with Gasteiger partial charge in [0.05, 0.1) is 18.7 Å². The van der Waals surface area contributed by atoms with Gasteiger partial charge in [-0.1, -0.05) is 19.9 Å². The molecule has 1 aliphatic rings. The molecule has 2 aromatic rings. The van der Waals surface area contributed by atoms with Crippen molar-refractivity contribution in [2.75, 3.05) is 33.3 Å². The molecule has 1 aromatic carbocycles. The fourth-order valence-corrected chi connectivity index (χ4v) is 3.69. The molecule has 30 heavy (non-hydrogen) atoms. The number of likely N-dealkylation sites (N-methyl/N-ethyl adjacent to an activating group) is 1. The number of carbonyl (C=O) groups is 2. The first-order valence-corrected chi connectivity index (χ1v) is 10.1. The number of aliphatic hydroxyl groups is 1. The summed E-state index contributed by atoms with van der Waals surface area (Å²) in [6.07, 6.45) is 3.26. The number of hydrogen-bond donors (Lipinski definition) is 1. The van der Waals surface area contributed by atoms with Crippen LogP contribution in [0.1, 0.15) is 31.0 Å². The van der Waals surface area contributed by atoms with E-state index in [1.165, 1.54) is 4.90 Å². The number of ketones is 1. The molecule has 0 spiro atoms. The largest absolute Gasteiger partial charge is 0.507 e. The lowest BCUT2D eigenvalue weighted by Crippen LogP contribution is -2.38. The van der Waals surface area contributed by atoms with Crippen molar-refractivity contribution < 1.29 is 19.4 Å². The summed E-state index contributed by atoms with van der Waals surface area (Å²) in [5.74, 6) is -0.854. The first-order valence-electron chi connectivity index (χ1n) is 10.1. The first kappa shape index (κ1) is 21.5. The lowest BCUT2D eigenvalue weighted by atomic mass is 9.96. The van der Waals surface area contributed by atoms with Crippen LogP contribution in [0.5, 0.6) is 5.75 Å². The molecule has 1 aliphatic heterocycles. The average molecular weight is 409 g/mol. The quantitative estimate of drug-likeness (QED) is 0.410. The van der Waals surface area contributed by atoms with Gasteiger partial charge in [0.1, 0.15) is 11.5 Å². The number of rotatable bonds is 8. The molecule has 0 radical (unpaired) electrons. The summed E-state index contributed by atoms with van der Waals surface area (Å²) < 4.78 is 5.16. The molecule has 0 unspecified atom stereocenters. The Morgan fingerprint density at radius 2 is 1.87 bits per heavy atom. The van der Waals surface area contributed by atoms with Crippen LogP contribution < -0.4 is 4.74 Å². The van der Waals surface area contributed by atoms with Gasteiger partial charge in [-0.3, -0.25) is 14.6 Å². The number of methoxy groups -OCH3 is 1. The van der Waals surface area contributed by atoms with Crippen molar-refractivity contribution in [1.82, 2.24) is 14.8 Å². The highest BCUT2D eigenvalue weighted by Gasteiger charge is 2.46. The Bertz CT molecular complexity index is 921. The maximum atomic E-state index is 13.0. The predicted molar refractivity (Wildman–Crippen MR) is 114 cm³/mol. The van der Waals surface area contributed by atoms with Gasteiger partial charge in [-0.15, -0.1) is 0 Å². The summed E-state index contributed by atoms with van der Waals surface area (Å²) in [5, 5.41) is 11.0. The topological polar surface area (TPSA) is 83.0 Å². The normalized spacial score (nSPS) is 18.3. The minimum Gasteiger partial charge on any atom is -0.507 e. The number of likely N-dealkylation sites (tertiary alicyclic amines) is 1. The number of aromatic nitrogens is 1. The van der Waals surface area contributed by atoms with Crippen LogP contribution in [0.4, 0.5) is 0 Å². The summed E-state index contributed by atoms with van der Waals surface area (Å²) in [4.78, 5) is 33.7. The highest BCUT2D eigenvalue weighted by molar-refractivity contribution is 6.46. The number of nitrogens with zero attached hydrogens (tertiary/aromatic N) is 3. The maximum Gasteiger partial charge on any atom is 0.295 e. The zero-order chi connectivity index (χ0) is 21.7. The molecule has 1 N–H and O–H groups in total.